The Morgan fingerprint density at radius 3 is 2.86 bits per heavy atom. The molecule has 0 radical (unpaired) electrons. The third kappa shape index (κ3) is 3.76. The highest BCUT2D eigenvalue weighted by atomic mass is 35.5. The lowest BCUT2D eigenvalue weighted by molar-refractivity contribution is -0.121. The van der Waals surface area contributed by atoms with E-state index in [0.717, 1.165) is 25.7 Å². The van der Waals surface area contributed by atoms with Crippen molar-refractivity contribution in [2.24, 2.45) is 0 Å². The second-order valence-electron chi connectivity index (χ2n) is 5.13. The summed E-state index contributed by atoms with van der Waals surface area (Å²) in [6, 6.07) is 5.13. The van der Waals surface area contributed by atoms with E-state index < -0.39 is 0 Å². The summed E-state index contributed by atoms with van der Waals surface area (Å²) in [5.74, 6) is 0.374. The maximum Gasteiger partial charge on any atom is 0.265 e. The number of carbonyl (C=O) groups excluding carboxylic acids is 2. The first kappa shape index (κ1) is 15.8. The molecule has 0 aliphatic carbocycles. The molecule has 5 heteroatoms. The van der Waals surface area contributed by atoms with Crippen LogP contribution < -0.4 is 9.64 Å². The summed E-state index contributed by atoms with van der Waals surface area (Å²) in [4.78, 5) is 25.5. The van der Waals surface area contributed by atoms with Gasteiger partial charge in [0.15, 0.2) is 12.4 Å². The Morgan fingerprint density at radius 2 is 2.14 bits per heavy atom. The van der Waals surface area contributed by atoms with E-state index >= 15 is 0 Å². The molecule has 1 heterocycles. The van der Waals surface area contributed by atoms with E-state index in [1.165, 1.54) is 0 Å². The van der Waals surface area contributed by atoms with Gasteiger partial charge in [-0.3, -0.25) is 9.59 Å². The third-order valence-corrected chi connectivity index (χ3v) is 3.82. The number of ketones is 1. The molecule has 0 bridgehead atoms. The summed E-state index contributed by atoms with van der Waals surface area (Å²) in [6.07, 6.45) is 4.36. The number of hydrogen-bond donors (Lipinski definition) is 0. The van der Waals surface area contributed by atoms with Crippen LogP contribution in [0.1, 0.15) is 43.0 Å². The van der Waals surface area contributed by atoms with Crippen molar-refractivity contribution in [1.29, 1.82) is 0 Å². The lowest BCUT2D eigenvalue weighted by Gasteiger charge is -2.29. The number of Topliss-reactive ketones (excluding diaryl/α,β-unsaturated/α-hetero) is 1. The molecule has 0 N–H and O–H groups in total. The highest BCUT2D eigenvalue weighted by Gasteiger charge is 2.25. The number of fused-ring (bicyclic) bond motifs is 1. The number of hydrogen-bond acceptors (Lipinski definition) is 3. The van der Waals surface area contributed by atoms with Crippen molar-refractivity contribution in [1.82, 2.24) is 0 Å². The fraction of sp³-hybridized carbons (Fsp3) is 0.500. The number of amides is 1. The summed E-state index contributed by atoms with van der Waals surface area (Å²) < 4.78 is 5.43. The van der Waals surface area contributed by atoms with Crippen molar-refractivity contribution >= 4 is 29.0 Å². The lowest BCUT2D eigenvalue weighted by Crippen LogP contribution is -2.39. The van der Waals surface area contributed by atoms with Gasteiger partial charge in [-0.25, -0.2) is 0 Å². The fourth-order valence-corrected chi connectivity index (χ4v) is 2.55. The van der Waals surface area contributed by atoms with Gasteiger partial charge in [0.2, 0.25) is 0 Å². The Hall–Kier alpha value is -1.55. The van der Waals surface area contributed by atoms with Crippen molar-refractivity contribution in [3.63, 3.8) is 0 Å². The van der Waals surface area contributed by atoms with Crippen LogP contribution in [0.25, 0.3) is 0 Å². The molecular formula is C16H20ClNO3. The molecule has 0 saturated heterocycles. The Kier molecular flexibility index (Phi) is 5.62. The van der Waals surface area contributed by atoms with Crippen LogP contribution in [-0.2, 0) is 4.79 Å². The second-order valence-corrected chi connectivity index (χ2v) is 5.40. The normalized spacial score (nSPS) is 13.8. The molecule has 114 valence electrons. The molecule has 0 unspecified atom stereocenters. The third-order valence-electron chi connectivity index (χ3n) is 3.58. The van der Waals surface area contributed by atoms with Gasteiger partial charge in [-0.15, -0.1) is 11.6 Å². The summed E-state index contributed by atoms with van der Waals surface area (Å²) in [6.45, 7) is 2.87. The summed E-state index contributed by atoms with van der Waals surface area (Å²) >= 11 is 5.59. The fourth-order valence-electron chi connectivity index (χ4n) is 2.39. The molecule has 0 atom stereocenters. The number of alkyl halides is 1. The van der Waals surface area contributed by atoms with Crippen molar-refractivity contribution in [3.05, 3.63) is 23.8 Å². The number of nitrogens with zero attached hydrogens (tertiary/aromatic N) is 1. The molecule has 0 fully saturated rings. The molecule has 1 aliphatic rings. The number of benzene rings is 1. The van der Waals surface area contributed by atoms with Crippen molar-refractivity contribution < 1.29 is 14.3 Å². The molecule has 0 aromatic heterocycles. The van der Waals surface area contributed by atoms with Gasteiger partial charge in [0.05, 0.1) is 11.6 Å². The minimum atomic E-state index is -0.150. The van der Waals surface area contributed by atoms with E-state index in [9.17, 15) is 9.59 Å². The van der Waals surface area contributed by atoms with Crippen LogP contribution in [0.2, 0.25) is 0 Å². The average Bonchev–Trinajstić information content (AvgIpc) is 2.52. The summed E-state index contributed by atoms with van der Waals surface area (Å²) in [5, 5.41) is 0. The van der Waals surface area contributed by atoms with E-state index in [1.807, 2.05) is 0 Å². The van der Waals surface area contributed by atoms with Crippen LogP contribution in [0.5, 0.6) is 5.75 Å². The van der Waals surface area contributed by atoms with Gasteiger partial charge in [-0.2, -0.15) is 0 Å². The number of carbonyl (C=O) groups is 2. The molecule has 4 nitrogen and oxygen atoms in total. The first-order chi connectivity index (χ1) is 10.2. The van der Waals surface area contributed by atoms with Crippen molar-refractivity contribution in [3.8, 4) is 5.75 Å². The molecule has 21 heavy (non-hydrogen) atoms. The molecule has 0 saturated carbocycles. The van der Waals surface area contributed by atoms with Gasteiger partial charge in [0, 0.05) is 12.1 Å². The Labute approximate surface area is 130 Å². The zero-order valence-electron chi connectivity index (χ0n) is 12.2. The van der Waals surface area contributed by atoms with E-state index in [0.29, 0.717) is 23.5 Å². The second kappa shape index (κ2) is 7.46. The standard InChI is InChI=1S/C16H20ClNO3/c1-2-3-4-5-8-18-13-9-12(14(19)10-17)6-7-15(13)21-11-16(18)20/h6-7,9H,2-5,8,10-11H2,1H3. The molecular weight excluding hydrogens is 290 g/mol. The van der Waals surface area contributed by atoms with Gasteiger partial charge in [0.25, 0.3) is 5.91 Å². The quantitative estimate of drug-likeness (QED) is 0.440. The van der Waals surface area contributed by atoms with Crippen LogP contribution in [0.4, 0.5) is 5.69 Å². The molecule has 1 aromatic rings. The van der Waals surface area contributed by atoms with Crippen molar-refractivity contribution in [2.45, 2.75) is 32.6 Å². The zero-order valence-corrected chi connectivity index (χ0v) is 13.0. The van der Waals surface area contributed by atoms with Gasteiger partial charge in [0.1, 0.15) is 5.75 Å². The average molecular weight is 310 g/mol. The minimum absolute atomic E-state index is 0.0591. The molecule has 1 aromatic carbocycles. The number of unbranched alkanes of at least 4 members (excludes halogenated alkanes) is 3. The predicted molar refractivity (Wildman–Crippen MR) is 83.5 cm³/mol. The molecule has 1 amide bonds. The van der Waals surface area contributed by atoms with E-state index in [2.05, 4.69) is 6.92 Å². The first-order valence-electron chi connectivity index (χ1n) is 7.33. The van der Waals surface area contributed by atoms with Crippen LogP contribution in [0.3, 0.4) is 0 Å². The lowest BCUT2D eigenvalue weighted by atomic mass is 10.1. The predicted octanol–water partition coefficient (Wildman–Crippen LogP) is 3.41. The number of anilines is 1. The van der Waals surface area contributed by atoms with E-state index in [4.69, 9.17) is 16.3 Å². The summed E-state index contributed by atoms with van der Waals surface area (Å²) in [7, 11) is 0. The monoisotopic (exact) mass is 309 g/mol. The maximum atomic E-state index is 12.1. The van der Waals surface area contributed by atoms with Gasteiger partial charge in [-0.1, -0.05) is 26.2 Å². The number of ether oxygens (including phenoxy) is 1. The maximum absolute atomic E-state index is 12.1. The SMILES string of the molecule is CCCCCCN1C(=O)COc2ccc(C(=O)CCl)cc21. The Bertz CT molecular complexity index is 530. The smallest absolute Gasteiger partial charge is 0.265 e. The molecule has 0 spiro atoms. The van der Waals surface area contributed by atoms with Crippen LogP contribution in [0.15, 0.2) is 18.2 Å². The zero-order chi connectivity index (χ0) is 15.2. The van der Waals surface area contributed by atoms with Crippen LogP contribution >= 0.6 is 11.6 Å². The highest BCUT2D eigenvalue weighted by Crippen LogP contribution is 2.33. The van der Waals surface area contributed by atoms with Gasteiger partial charge < -0.3 is 9.64 Å². The molecule has 2 rings (SSSR count). The minimum Gasteiger partial charge on any atom is -0.482 e. The Morgan fingerprint density at radius 1 is 1.33 bits per heavy atom. The Balaban J connectivity index is 2.19. The topological polar surface area (TPSA) is 46.6 Å². The van der Waals surface area contributed by atoms with Gasteiger partial charge in [-0.05, 0) is 24.6 Å². The van der Waals surface area contributed by atoms with Crippen molar-refractivity contribution in [2.75, 3.05) is 23.9 Å². The largest absolute Gasteiger partial charge is 0.482 e. The van der Waals surface area contributed by atoms with E-state index in [-0.39, 0.29) is 24.2 Å². The number of halogens is 1. The van der Waals surface area contributed by atoms with E-state index in [1.54, 1.807) is 23.1 Å². The molecule has 1 aliphatic heterocycles. The van der Waals surface area contributed by atoms with Crippen LogP contribution in [-0.4, -0.2) is 30.7 Å². The first-order valence-corrected chi connectivity index (χ1v) is 7.87. The van der Waals surface area contributed by atoms with Gasteiger partial charge >= 0.3 is 0 Å². The van der Waals surface area contributed by atoms with Crippen LogP contribution in [0, 0.1) is 0 Å². The number of rotatable bonds is 7. The highest BCUT2D eigenvalue weighted by molar-refractivity contribution is 6.30. The summed E-state index contributed by atoms with van der Waals surface area (Å²) in [5.41, 5.74) is 1.19.